The highest BCUT2D eigenvalue weighted by molar-refractivity contribution is 6.21. The van der Waals surface area contributed by atoms with Crippen molar-refractivity contribution in [2.24, 2.45) is 0 Å². The third-order valence-corrected chi connectivity index (χ3v) is 7.24. The molecule has 0 unspecified atom stereocenters. The van der Waals surface area contributed by atoms with Crippen LogP contribution in [0.25, 0.3) is 22.0 Å². The van der Waals surface area contributed by atoms with Crippen molar-refractivity contribution in [3.8, 4) is 34.3 Å². The maximum Gasteiger partial charge on any atom is 0.261 e. The zero-order valence-electron chi connectivity index (χ0n) is 20.2. The molecule has 1 aromatic heterocycles. The number of fused-ring (bicyclic) bond motifs is 6. The van der Waals surface area contributed by atoms with Crippen molar-refractivity contribution in [2.75, 3.05) is 27.1 Å². The van der Waals surface area contributed by atoms with E-state index in [1.165, 1.54) is 10.5 Å². The van der Waals surface area contributed by atoms with Gasteiger partial charge in [-0.15, -0.1) is 0 Å². The molecule has 0 bridgehead atoms. The monoisotopic (exact) mass is 495 g/mol. The molecule has 0 N–H and O–H groups in total. The molecule has 184 valence electrons. The number of rotatable bonds is 5. The molecule has 2 amide bonds. The quantitative estimate of drug-likeness (QED) is 0.310. The second-order valence-electron chi connectivity index (χ2n) is 9.22. The van der Waals surface area contributed by atoms with Crippen LogP contribution in [-0.4, -0.2) is 43.8 Å². The molecule has 0 atom stereocenters. The van der Waals surface area contributed by atoms with Crippen LogP contribution in [0.4, 0.5) is 0 Å². The van der Waals surface area contributed by atoms with Gasteiger partial charge in [-0.05, 0) is 47.3 Å². The Balaban J connectivity index is 1.20. The van der Waals surface area contributed by atoms with Crippen LogP contribution < -0.4 is 23.5 Å². The minimum atomic E-state index is -0.293. The highest BCUT2D eigenvalue weighted by Crippen LogP contribution is 2.41. The van der Waals surface area contributed by atoms with Crippen molar-refractivity contribution >= 4 is 22.6 Å². The molecule has 3 aliphatic heterocycles. The molecule has 7 rings (SSSR count). The molecule has 0 spiro atoms. The van der Waals surface area contributed by atoms with Crippen LogP contribution in [0.5, 0.6) is 23.0 Å². The standard InChI is InChI=1S/C29H23N2O6/c1-34-24-7-6-17-12-23-21-14-26-25(36-16-37-26)13-18(21)8-9-30(23)15-22(17)27(24)35-11-10-31-28(32)19-4-2-3-5-20(19)29(31)33/h2-7,12-15H,8-11,16H2,1H3/q+1. The smallest absolute Gasteiger partial charge is 0.261 e. The van der Waals surface area contributed by atoms with Gasteiger partial charge in [0.15, 0.2) is 35.7 Å². The van der Waals surface area contributed by atoms with Gasteiger partial charge in [-0.1, -0.05) is 12.1 Å². The Hall–Kier alpha value is -4.59. The Morgan fingerprint density at radius 2 is 1.70 bits per heavy atom. The average molecular weight is 496 g/mol. The summed E-state index contributed by atoms with van der Waals surface area (Å²) in [5, 5.41) is 1.89. The number of hydrogen-bond acceptors (Lipinski definition) is 6. The van der Waals surface area contributed by atoms with Crippen molar-refractivity contribution in [3.05, 3.63) is 77.5 Å². The number of amides is 2. The van der Waals surface area contributed by atoms with E-state index >= 15 is 0 Å². The predicted octanol–water partition coefficient (Wildman–Crippen LogP) is 3.76. The fraction of sp³-hybridized carbons (Fsp3) is 0.207. The highest BCUT2D eigenvalue weighted by Gasteiger charge is 2.35. The lowest BCUT2D eigenvalue weighted by Crippen LogP contribution is -2.40. The summed E-state index contributed by atoms with van der Waals surface area (Å²) in [7, 11) is 1.60. The van der Waals surface area contributed by atoms with Crippen LogP contribution >= 0.6 is 0 Å². The minimum Gasteiger partial charge on any atom is -0.493 e. The largest absolute Gasteiger partial charge is 0.493 e. The van der Waals surface area contributed by atoms with E-state index in [9.17, 15) is 9.59 Å². The molecule has 0 aliphatic carbocycles. The van der Waals surface area contributed by atoms with Gasteiger partial charge in [-0.2, -0.15) is 4.57 Å². The Morgan fingerprint density at radius 3 is 2.46 bits per heavy atom. The molecule has 0 radical (unpaired) electrons. The van der Waals surface area contributed by atoms with E-state index in [0.717, 1.165) is 46.5 Å². The van der Waals surface area contributed by atoms with Crippen molar-refractivity contribution < 1.29 is 33.1 Å². The number of hydrogen-bond donors (Lipinski definition) is 0. The Morgan fingerprint density at radius 1 is 0.946 bits per heavy atom. The van der Waals surface area contributed by atoms with E-state index < -0.39 is 0 Å². The number of pyridine rings is 1. The van der Waals surface area contributed by atoms with Crippen LogP contribution in [0.15, 0.2) is 60.8 Å². The molecule has 37 heavy (non-hydrogen) atoms. The van der Waals surface area contributed by atoms with Crippen LogP contribution in [0.1, 0.15) is 26.3 Å². The number of aryl methyl sites for hydroxylation is 2. The minimum absolute atomic E-state index is 0.143. The number of ether oxygens (including phenoxy) is 4. The van der Waals surface area contributed by atoms with Crippen LogP contribution in [0.3, 0.4) is 0 Å². The zero-order chi connectivity index (χ0) is 25.1. The van der Waals surface area contributed by atoms with Gasteiger partial charge in [0.1, 0.15) is 6.61 Å². The van der Waals surface area contributed by atoms with Gasteiger partial charge in [-0.3, -0.25) is 14.5 Å². The number of nitrogens with zero attached hydrogens (tertiary/aromatic N) is 2. The molecule has 3 aliphatic rings. The number of imide groups is 1. The number of aromatic nitrogens is 1. The van der Waals surface area contributed by atoms with Gasteiger partial charge in [0.2, 0.25) is 12.5 Å². The third-order valence-electron chi connectivity index (χ3n) is 7.24. The molecule has 4 heterocycles. The first-order valence-corrected chi connectivity index (χ1v) is 12.2. The summed E-state index contributed by atoms with van der Waals surface area (Å²) in [5.41, 5.74) is 4.31. The van der Waals surface area contributed by atoms with Crippen molar-refractivity contribution in [1.82, 2.24) is 4.90 Å². The van der Waals surface area contributed by atoms with E-state index in [-0.39, 0.29) is 31.8 Å². The highest BCUT2D eigenvalue weighted by atomic mass is 16.7. The lowest BCUT2D eigenvalue weighted by atomic mass is 9.95. The van der Waals surface area contributed by atoms with Crippen molar-refractivity contribution in [2.45, 2.75) is 13.0 Å². The zero-order valence-corrected chi connectivity index (χ0v) is 20.2. The van der Waals surface area contributed by atoms with Gasteiger partial charge in [-0.25, -0.2) is 0 Å². The van der Waals surface area contributed by atoms with E-state index in [1.54, 1.807) is 31.4 Å². The van der Waals surface area contributed by atoms with Crippen LogP contribution in [0, 0.1) is 0 Å². The Kier molecular flexibility index (Phi) is 4.82. The molecular weight excluding hydrogens is 472 g/mol. The fourth-order valence-electron chi connectivity index (χ4n) is 5.39. The Labute approximate surface area is 212 Å². The van der Waals surface area contributed by atoms with E-state index in [1.807, 2.05) is 12.1 Å². The molecule has 8 nitrogen and oxygen atoms in total. The summed E-state index contributed by atoms with van der Waals surface area (Å²) in [6, 6.07) is 17.0. The van der Waals surface area contributed by atoms with E-state index in [0.29, 0.717) is 22.6 Å². The number of methoxy groups -OCH3 is 1. The summed E-state index contributed by atoms with van der Waals surface area (Å²) in [6.45, 7) is 1.35. The summed E-state index contributed by atoms with van der Waals surface area (Å²) >= 11 is 0. The molecular formula is C29H23N2O6+. The first kappa shape index (κ1) is 21.7. The average Bonchev–Trinajstić information content (AvgIpc) is 3.48. The summed E-state index contributed by atoms with van der Waals surface area (Å²) in [5.74, 6) is 2.15. The summed E-state index contributed by atoms with van der Waals surface area (Å²) in [4.78, 5) is 26.7. The Bertz CT molecular complexity index is 1590. The molecule has 0 saturated heterocycles. The van der Waals surface area contributed by atoms with Gasteiger partial charge in [0.25, 0.3) is 11.8 Å². The number of carbonyl (C=O) groups excluding carboxylic acids is 2. The van der Waals surface area contributed by atoms with Crippen LogP contribution in [-0.2, 0) is 13.0 Å². The lowest BCUT2D eigenvalue weighted by molar-refractivity contribution is -0.686. The maximum absolute atomic E-state index is 12.7. The molecule has 3 aromatic carbocycles. The second kappa shape index (κ2) is 8.23. The third kappa shape index (κ3) is 3.32. The number of carbonyl (C=O) groups is 2. The summed E-state index contributed by atoms with van der Waals surface area (Å²) < 4.78 is 25.2. The van der Waals surface area contributed by atoms with E-state index in [2.05, 4.69) is 29.0 Å². The second-order valence-corrected chi connectivity index (χ2v) is 9.22. The SMILES string of the molecule is COc1ccc2cc3[n+](cc2c1OCCN1C(=O)c2ccccc2C1=O)CCc1cc2c(cc1-3)OCO2. The van der Waals surface area contributed by atoms with Crippen molar-refractivity contribution in [3.63, 3.8) is 0 Å². The maximum atomic E-state index is 12.7. The normalized spacial score (nSPS) is 15.0. The lowest BCUT2D eigenvalue weighted by Gasteiger charge is -2.19. The molecule has 8 heteroatoms. The van der Waals surface area contributed by atoms with Gasteiger partial charge >= 0.3 is 0 Å². The van der Waals surface area contributed by atoms with Gasteiger partial charge in [0, 0.05) is 12.5 Å². The first-order valence-electron chi connectivity index (χ1n) is 12.2. The van der Waals surface area contributed by atoms with Crippen LogP contribution in [0.2, 0.25) is 0 Å². The van der Waals surface area contributed by atoms with Gasteiger partial charge < -0.3 is 18.9 Å². The molecule has 4 aromatic rings. The van der Waals surface area contributed by atoms with E-state index in [4.69, 9.17) is 18.9 Å². The van der Waals surface area contributed by atoms with Gasteiger partial charge in [0.05, 0.1) is 35.7 Å². The predicted molar refractivity (Wildman–Crippen MR) is 133 cm³/mol. The number of benzene rings is 3. The first-order chi connectivity index (χ1) is 18.1. The molecule has 0 saturated carbocycles. The summed E-state index contributed by atoms with van der Waals surface area (Å²) in [6.07, 6.45) is 2.95. The topological polar surface area (TPSA) is 78.2 Å². The molecule has 0 fully saturated rings. The fourth-order valence-corrected chi connectivity index (χ4v) is 5.39. The van der Waals surface area contributed by atoms with Crippen molar-refractivity contribution in [1.29, 1.82) is 0 Å².